The Bertz CT molecular complexity index is 976. The molecule has 0 bridgehead atoms. The monoisotopic (exact) mass is 466 g/mol. The molecule has 168 valence electrons. The molecule has 7 nitrogen and oxygen atoms in total. The normalized spacial score (nSPS) is 12.3. The average molecular weight is 467 g/mol. The molecule has 2 rings (SSSR count). The summed E-state index contributed by atoms with van der Waals surface area (Å²) in [4.78, 5) is 22.8. The molecule has 0 saturated carbocycles. The van der Waals surface area contributed by atoms with Crippen LogP contribution in [-0.4, -0.2) is 31.9 Å². The fourth-order valence-electron chi connectivity index (χ4n) is 3.01. The van der Waals surface area contributed by atoms with Crippen LogP contribution < -0.4 is 10.0 Å². The Labute approximate surface area is 187 Å². The molecule has 2 aromatic rings. The van der Waals surface area contributed by atoms with Crippen molar-refractivity contribution >= 4 is 33.5 Å². The summed E-state index contributed by atoms with van der Waals surface area (Å²) in [7, 11) is -3.75. The number of sulfonamides is 1. The zero-order chi connectivity index (χ0) is 22.9. The van der Waals surface area contributed by atoms with Crippen molar-refractivity contribution in [2.24, 2.45) is 0 Å². The van der Waals surface area contributed by atoms with Gasteiger partial charge in [0.25, 0.3) is 5.91 Å². The maximum Gasteiger partial charge on any atom is 0.305 e. The topological polar surface area (TPSA) is 113 Å². The molecular weight excluding hydrogens is 440 g/mol. The predicted octanol–water partition coefficient (Wildman–Crippen LogP) is 4.14. The molecule has 0 aliphatic carbocycles. The van der Waals surface area contributed by atoms with E-state index in [0.29, 0.717) is 17.0 Å². The van der Waals surface area contributed by atoms with Crippen LogP contribution in [0.4, 0.5) is 0 Å². The van der Waals surface area contributed by atoms with E-state index in [9.17, 15) is 18.0 Å². The van der Waals surface area contributed by atoms with E-state index in [1.54, 1.807) is 24.3 Å². The van der Waals surface area contributed by atoms with Gasteiger partial charge in [-0.15, -0.1) is 0 Å². The standard InChI is InChI=1S/C22H27ClN2O5S/c1-2-3-4-5-20(25-31(29,30)19-12-10-18(23)11-13-19)16-6-8-17(9-7-16)22(28)24-15-14-21(26)27/h6-13,20,25H,2-5,14-15H2,1H3,(H,24,28)(H,26,27). The molecule has 2 aromatic carbocycles. The van der Waals surface area contributed by atoms with Gasteiger partial charge in [-0.3, -0.25) is 9.59 Å². The Balaban J connectivity index is 2.16. The van der Waals surface area contributed by atoms with Crippen LogP contribution in [0.25, 0.3) is 0 Å². The lowest BCUT2D eigenvalue weighted by Gasteiger charge is -2.20. The minimum Gasteiger partial charge on any atom is -0.481 e. The van der Waals surface area contributed by atoms with Crippen molar-refractivity contribution in [2.45, 2.75) is 50.0 Å². The summed E-state index contributed by atoms with van der Waals surface area (Å²) >= 11 is 5.86. The smallest absolute Gasteiger partial charge is 0.305 e. The molecule has 0 fully saturated rings. The van der Waals surface area contributed by atoms with E-state index >= 15 is 0 Å². The number of halogens is 1. The van der Waals surface area contributed by atoms with E-state index in [1.165, 1.54) is 24.3 Å². The van der Waals surface area contributed by atoms with Gasteiger partial charge in [0.05, 0.1) is 11.3 Å². The lowest BCUT2D eigenvalue weighted by atomic mass is 10.00. The Morgan fingerprint density at radius 2 is 1.68 bits per heavy atom. The highest BCUT2D eigenvalue weighted by Crippen LogP contribution is 2.24. The summed E-state index contributed by atoms with van der Waals surface area (Å²) in [5, 5.41) is 11.7. The highest BCUT2D eigenvalue weighted by atomic mass is 35.5. The number of nitrogens with one attached hydrogen (secondary N) is 2. The third kappa shape index (κ3) is 7.97. The molecule has 1 atom stereocenters. The molecule has 3 N–H and O–H groups in total. The largest absolute Gasteiger partial charge is 0.481 e. The number of hydrogen-bond acceptors (Lipinski definition) is 4. The van der Waals surface area contributed by atoms with Crippen LogP contribution in [0, 0.1) is 0 Å². The Morgan fingerprint density at radius 1 is 1.03 bits per heavy atom. The molecular formula is C22H27ClN2O5S. The number of amides is 1. The van der Waals surface area contributed by atoms with Crippen molar-refractivity contribution in [1.29, 1.82) is 0 Å². The molecule has 0 heterocycles. The van der Waals surface area contributed by atoms with E-state index in [0.717, 1.165) is 24.8 Å². The number of carboxylic acid groups (broad SMARTS) is 1. The second-order valence-electron chi connectivity index (χ2n) is 7.15. The zero-order valence-electron chi connectivity index (χ0n) is 17.3. The first-order valence-corrected chi connectivity index (χ1v) is 12.0. The van der Waals surface area contributed by atoms with Crippen molar-refractivity contribution in [3.05, 3.63) is 64.7 Å². The SMILES string of the molecule is CCCCCC(NS(=O)(=O)c1ccc(Cl)cc1)c1ccc(C(=O)NCCC(=O)O)cc1. The number of rotatable bonds is 12. The molecule has 31 heavy (non-hydrogen) atoms. The van der Waals surface area contributed by atoms with Crippen LogP contribution in [0.5, 0.6) is 0 Å². The fraction of sp³-hybridized carbons (Fsp3) is 0.364. The van der Waals surface area contributed by atoms with Gasteiger partial charge in [-0.25, -0.2) is 13.1 Å². The molecule has 1 unspecified atom stereocenters. The van der Waals surface area contributed by atoms with Crippen molar-refractivity contribution in [3.8, 4) is 0 Å². The fourth-order valence-corrected chi connectivity index (χ4v) is 4.40. The van der Waals surface area contributed by atoms with Gasteiger partial charge in [0.15, 0.2) is 0 Å². The first-order valence-electron chi connectivity index (χ1n) is 10.1. The van der Waals surface area contributed by atoms with Crippen LogP contribution in [0.1, 0.15) is 61.0 Å². The van der Waals surface area contributed by atoms with Crippen molar-refractivity contribution in [1.82, 2.24) is 10.0 Å². The first-order chi connectivity index (χ1) is 14.7. The van der Waals surface area contributed by atoms with Crippen LogP contribution in [-0.2, 0) is 14.8 Å². The van der Waals surface area contributed by atoms with Gasteiger partial charge in [-0.05, 0) is 48.4 Å². The zero-order valence-corrected chi connectivity index (χ0v) is 18.9. The quantitative estimate of drug-likeness (QED) is 0.407. The summed E-state index contributed by atoms with van der Waals surface area (Å²) in [6.07, 6.45) is 3.29. The molecule has 0 aliphatic rings. The van der Waals surface area contributed by atoms with Gasteiger partial charge in [-0.1, -0.05) is 49.9 Å². The van der Waals surface area contributed by atoms with E-state index in [4.69, 9.17) is 16.7 Å². The molecule has 0 saturated heterocycles. The lowest BCUT2D eigenvalue weighted by Crippen LogP contribution is -2.29. The van der Waals surface area contributed by atoms with E-state index in [-0.39, 0.29) is 23.8 Å². The maximum atomic E-state index is 12.8. The predicted molar refractivity (Wildman–Crippen MR) is 120 cm³/mol. The number of carbonyl (C=O) groups is 2. The van der Waals surface area contributed by atoms with Gasteiger partial charge >= 0.3 is 5.97 Å². The molecule has 9 heteroatoms. The minimum atomic E-state index is -3.75. The highest BCUT2D eigenvalue weighted by molar-refractivity contribution is 7.89. The van der Waals surface area contributed by atoms with Gasteiger partial charge in [-0.2, -0.15) is 0 Å². The van der Waals surface area contributed by atoms with Gasteiger partial charge in [0, 0.05) is 23.2 Å². The number of unbranched alkanes of at least 4 members (excludes halogenated alkanes) is 2. The number of carbonyl (C=O) groups excluding carboxylic acids is 1. The lowest BCUT2D eigenvalue weighted by molar-refractivity contribution is -0.136. The van der Waals surface area contributed by atoms with Crippen molar-refractivity contribution in [3.63, 3.8) is 0 Å². The van der Waals surface area contributed by atoms with Crippen LogP contribution in [0.2, 0.25) is 5.02 Å². The van der Waals surface area contributed by atoms with Crippen LogP contribution in [0.3, 0.4) is 0 Å². The van der Waals surface area contributed by atoms with Crippen LogP contribution in [0.15, 0.2) is 53.4 Å². The molecule has 0 aliphatic heterocycles. The summed E-state index contributed by atoms with van der Waals surface area (Å²) < 4.78 is 28.4. The Morgan fingerprint density at radius 3 is 2.26 bits per heavy atom. The third-order valence-electron chi connectivity index (χ3n) is 4.72. The highest BCUT2D eigenvalue weighted by Gasteiger charge is 2.21. The van der Waals surface area contributed by atoms with E-state index in [2.05, 4.69) is 17.0 Å². The van der Waals surface area contributed by atoms with Crippen molar-refractivity contribution < 1.29 is 23.1 Å². The first kappa shape index (κ1) is 24.8. The number of benzene rings is 2. The van der Waals surface area contributed by atoms with E-state index < -0.39 is 22.0 Å². The summed E-state index contributed by atoms with van der Waals surface area (Å²) in [6, 6.07) is 12.2. The van der Waals surface area contributed by atoms with Gasteiger partial charge < -0.3 is 10.4 Å². The second-order valence-corrected chi connectivity index (χ2v) is 9.30. The molecule has 0 radical (unpaired) electrons. The Hall–Kier alpha value is -2.42. The van der Waals surface area contributed by atoms with Crippen molar-refractivity contribution in [2.75, 3.05) is 6.54 Å². The summed E-state index contributed by atoms with van der Waals surface area (Å²) in [5.41, 5.74) is 1.12. The number of aliphatic carboxylic acids is 1. The average Bonchev–Trinajstić information content (AvgIpc) is 2.73. The van der Waals surface area contributed by atoms with Gasteiger partial charge in [0.2, 0.25) is 10.0 Å². The third-order valence-corrected chi connectivity index (χ3v) is 6.46. The number of hydrogen-bond donors (Lipinski definition) is 3. The summed E-state index contributed by atoms with van der Waals surface area (Å²) in [5.74, 6) is -1.37. The maximum absolute atomic E-state index is 12.8. The van der Waals surface area contributed by atoms with Crippen LogP contribution >= 0.6 is 11.6 Å². The minimum absolute atomic E-state index is 0.0381. The second kappa shape index (κ2) is 11.8. The van der Waals surface area contributed by atoms with E-state index in [1.807, 2.05) is 0 Å². The summed E-state index contributed by atoms with van der Waals surface area (Å²) in [6.45, 7) is 2.11. The Kier molecular flexibility index (Phi) is 9.48. The molecule has 0 spiro atoms. The van der Waals surface area contributed by atoms with Gasteiger partial charge in [0.1, 0.15) is 0 Å². The number of carboxylic acids is 1. The molecule has 1 amide bonds. The molecule has 0 aromatic heterocycles.